The molecule has 118 valence electrons. The van der Waals surface area contributed by atoms with Crippen LogP contribution in [-0.2, 0) is 16.1 Å². The molecule has 8 heteroatoms. The van der Waals surface area contributed by atoms with E-state index in [0.29, 0.717) is 11.3 Å². The molecule has 1 aromatic rings. The molecule has 0 fully saturated rings. The molecule has 0 heterocycles. The Morgan fingerprint density at radius 2 is 2.00 bits per heavy atom. The van der Waals surface area contributed by atoms with Gasteiger partial charge in [0.05, 0.1) is 0 Å². The third kappa shape index (κ3) is 4.98. The van der Waals surface area contributed by atoms with Crippen molar-refractivity contribution in [1.82, 2.24) is 0 Å². The van der Waals surface area contributed by atoms with Crippen molar-refractivity contribution >= 4 is 11.6 Å². The average Bonchev–Trinajstić information content (AvgIpc) is 2.45. The first-order chi connectivity index (χ1) is 9.77. The highest BCUT2D eigenvalue weighted by Gasteiger charge is 2.41. The molecule has 0 saturated heterocycles. The van der Waals surface area contributed by atoms with E-state index in [2.05, 4.69) is 10.1 Å². The van der Waals surface area contributed by atoms with Crippen molar-refractivity contribution in [3.05, 3.63) is 29.8 Å². The SMILES string of the molecule is CC(OCC(F)(F)C(F)F)C(=O)Nc1ccccc1CN. The lowest BCUT2D eigenvalue weighted by atomic mass is 10.1. The minimum atomic E-state index is -4.29. The zero-order valence-electron chi connectivity index (χ0n) is 11.3. The summed E-state index contributed by atoms with van der Waals surface area (Å²) >= 11 is 0. The maximum absolute atomic E-state index is 12.7. The van der Waals surface area contributed by atoms with Gasteiger partial charge in [0.15, 0.2) is 0 Å². The fraction of sp³-hybridized carbons (Fsp3) is 0.462. The number of nitrogens with one attached hydrogen (secondary N) is 1. The third-order valence-electron chi connectivity index (χ3n) is 2.71. The number of halogens is 4. The molecule has 4 nitrogen and oxygen atoms in total. The summed E-state index contributed by atoms with van der Waals surface area (Å²) in [4.78, 5) is 11.8. The molecular weight excluding hydrogens is 292 g/mol. The molecular formula is C13H16F4N2O2. The van der Waals surface area contributed by atoms with Crippen LogP contribution in [0.1, 0.15) is 12.5 Å². The van der Waals surface area contributed by atoms with E-state index < -0.39 is 31.0 Å². The van der Waals surface area contributed by atoms with Gasteiger partial charge in [-0.2, -0.15) is 8.78 Å². The minimum absolute atomic E-state index is 0.176. The maximum atomic E-state index is 12.7. The lowest BCUT2D eigenvalue weighted by Gasteiger charge is -2.19. The van der Waals surface area contributed by atoms with Gasteiger partial charge in [0.25, 0.3) is 5.91 Å². The van der Waals surface area contributed by atoms with E-state index >= 15 is 0 Å². The Morgan fingerprint density at radius 3 is 2.57 bits per heavy atom. The first kappa shape index (κ1) is 17.4. The molecule has 1 rings (SSSR count). The summed E-state index contributed by atoms with van der Waals surface area (Å²) in [6.45, 7) is -0.158. The predicted molar refractivity (Wildman–Crippen MR) is 69.3 cm³/mol. The minimum Gasteiger partial charge on any atom is -0.362 e. The highest BCUT2D eigenvalue weighted by molar-refractivity contribution is 5.94. The van der Waals surface area contributed by atoms with E-state index in [-0.39, 0.29) is 6.54 Å². The van der Waals surface area contributed by atoms with Crippen LogP contribution in [0.3, 0.4) is 0 Å². The van der Waals surface area contributed by atoms with Crippen molar-refractivity contribution in [2.24, 2.45) is 5.73 Å². The number of alkyl halides is 4. The molecule has 0 saturated carbocycles. The summed E-state index contributed by atoms with van der Waals surface area (Å²) in [5.74, 6) is -5.01. The molecule has 1 atom stereocenters. The van der Waals surface area contributed by atoms with Gasteiger partial charge in [0, 0.05) is 12.2 Å². The fourth-order valence-corrected chi connectivity index (χ4v) is 1.43. The number of carbonyl (C=O) groups is 1. The zero-order valence-corrected chi connectivity index (χ0v) is 11.3. The van der Waals surface area contributed by atoms with Gasteiger partial charge in [-0.05, 0) is 18.6 Å². The largest absolute Gasteiger partial charge is 0.362 e. The Balaban J connectivity index is 2.59. The molecule has 0 spiro atoms. The fourth-order valence-electron chi connectivity index (χ4n) is 1.43. The predicted octanol–water partition coefficient (Wildman–Crippen LogP) is 2.39. The van der Waals surface area contributed by atoms with Crippen LogP contribution >= 0.6 is 0 Å². The molecule has 0 aromatic heterocycles. The van der Waals surface area contributed by atoms with Crippen molar-refractivity contribution in [3.8, 4) is 0 Å². The number of hydrogen-bond donors (Lipinski definition) is 2. The number of carbonyl (C=O) groups excluding carboxylic acids is 1. The standard InChI is InChI=1S/C13H16F4N2O2/c1-8(21-7-13(16,17)12(14)15)11(20)19-10-5-3-2-4-9(10)6-18/h2-5,8,12H,6-7,18H2,1H3,(H,19,20). The monoisotopic (exact) mass is 308 g/mol. The summed E-state index contributed by atoms with van der Waals surface area (Å²) in [5, 5.41) is 2.45. The van der Waals surface area contributed by atoms with Crippen LogP contribution in [0.2, 0.25) is 0 Å². The molecule has 3 N–H and O–H groups in total. The van der Waals surface area contributed by atoms with Crippen LogP contribution in [0.4, 0.5) is 23.2 Å². The number of para-hydroxylation sites is 1. The number of nitrogens with two attached hydrogens (primary N) is 1. The number of hydrogen-bond acceptors (Lipinski definition) is 3. The highest BCUT2D eigenvalue weighted by atomic mass is 19.3. The second kappa shape index (κ2) is 7.37. The zero-order chi connectivity index (χ0) is 16.0. The molecule has 0 aliphatic carbocycles. The van der Waals surface area contributed by atoms with E-state index in [1.165, 1.54) is 6.92 Å². The van der Waals surface area contributed by atoms with Crippen LogP contribution in [-0.4, -0.2) is 31.0 Å². The topological polar surface area (TPSA) is 64.3 Å². The molecule has 1 unspecified atom stereocenters. The van der Waals surface area contributed by atoms with Gasteiger partial charge in [-0.3, -0.25) is 4.79 Å². The van der Waals surface area contributed by atoms with E-state index in [1.807, 2.05) is 0 Å². The quantitative estimate of drug-likeness (QED) is 0.760. The van der Waals surface area contributed by atoms with Crippen molar-refractivity contribution in [3.63, 3.8) is 0 Å². The van der Waals surface area contributed by atoms with Crippen LogP contribution in [0, 0.1) is 0 Å². The summed E-state index contributed by atoms with van der Waals surface area (Å²) in [6.07, 6.45) is -5.15. The summed E-state index contributed by atoms with van der Waals surface area (Å²) < 4.78 is 53.8. The van der Waals surface area contributed by atoms with Crippen LogP contribution < -0.4 is 11.1 Å². The smallest absolute Gasteiger partial charge is 0.330 e. The summed E-state index contributed by atoms with van der Waals surface area (Å²) in [5.41, 5.74) is 6.55. The lowest BCUT2D eigenvalue weighted by Crippen LogP contribution is -2.37. The highest BCUT2D eigenvalue weighted by Crippen LogP contribution is 2.23. The van der Waals surface area contributed by atoms with E-state index in [4.69, 9.17) is 5.73 Å². The Labute approximate surface area is 119 Å². The molecule has 1 aromatic carbocycles. The average molecular weight is 308 g/mol. The van der Waals surface area contributed by atoms with Crippen molar-refractivity contribution in [1.29, 1.82) is 0 Å². The second-order valence-corrected chi connectivity index (χ2v) is 4.37. The van der Waals surface area contributed by atoms with Crippen molar-refractivity contribution in [2.45, 2.75) is 31.9 Å². The van der Waals surface area contributed by atoms with Crippen molar-refractivity contribution < 1.29 is 27.1 Å². The van der Waals surface area contributed by atoms with Gasteiger partial charge in [-0.15, -0.1) is 0 Å². The number of benzene rings is 1. The van der Waals surface area contributed by atoms with Gasteiger partial charge in [0.1, 0.15) is 12.7 Å². The summed E-state index contributed by atoms with van der Waals surface area (Å²) in [6, 6.07) is 6.65. The first-order valence-electron chi connectivity index (χ1n) is 6.14. The Bertz CT molecular complexity index is 483. The third-order valence-corrected chi connectivity index (χ3v) is 2.71. The van der Waals surface area contributed by atoms with Gasteiger partial charge in [-0.25, -0.2) is 8.78 Å². The molecule has 0 radical (unpaired) electrons. The number of anilines is 1. The molecule has 0 aliphatic heterocycles. The number of rotatable bonds is 7. The van der Waals surface area contributed by atoms with Crippen LogP contribution in [0.25, 0.3) is 0 Å². The second-order valence-electron chi connectivity index (χ2n) is 4.37. The van der Waals surface area contributed by atoms with Gasteiger partial charge < -0.3 is 15.8 Å². The summed E-state index contributed by atoms with van der Waals surface area (Å²) in [7, 11) is 0. The van der Waals surface area contributed by atoms with E-state index in [1.54, 1.807) is 24.3 Å². The Kier molecular flexibility index (Phi) is 6.10. The van der Waals surface area contributed by atoms with Crippen LogP contribution in [0.15, 0.2) is 24.3 Å². The van der Waals surface area contributed by atoms with Crippen LogP contribution in [0.5, 0.6) is 0 Å². The lowest BCUT2D eigenvalue weighted by molar-refractivity contribution is -0.176. The van der Waals surface area contributed by atoms with Gasteiger partial charge >= 0.3 is 12.3 Å². The normalized spacial score (nSPS) is 13.3. The van der Waals surface area contributed by atoms with E-state index in [9.17, 15) is 22.4 Å². The Hall–Kier alpha value is -1.67. The molecule has 21 heavy (non-hydrogen) atoms. The molecule has 0 aliphatic rings. The molecule has 0 bridgehead atoms. The van der Waals surface area contributed by atoms with Crippen molar-refractivity contribution in [2.75, 3.05) is 11.9 Å². The van der Waals surface area contributed by atoms with E-state index in [0.717, 1.165) is 0 Å². The van der Waals surface area contributed by atoms with Gasteiger partial charge in [-0.1, -0.05) is 18.2 Å². The Morgan fingerprint density at radius 1 is 1.38 bits per heavy atom. The van der Waals surface area contributed by atoms with Gasteiger partial charge in [0.2, 0.25) is 0 Å². The number of amides is 1. The first-order valence-corrected chi connectivity index (χ1v) is 6.14. The maximum Gasteiger partial charge on any atom is 0.330 e. The number of ether oxygens (including phenoxy) is 1. The molecule has 1 amide bonds.